The number of aliphatic hydroxyl groups is 1. The van der Waals surface area contributed by atoms with Crippen LogP contribution in [-0.4, -0.2) is 40.9 Å². The Bertz CT molecular complexity index is 534. The zero-order chi connectivity index (χ0) is 16.3. The highest BCUT2D eigenvalue weighted by Crippen LogP contribution is 2.40. The molecule has 0 spiro atoms. The van der Waals surface area contributed by atoms with Gasteiger partial charge in [-0.1, -0.05) is 40.9 Å². The first-order chi connectivity index (χ1) is 10.4. The third-order valence-electron chi connectivity index (χ3n) is 4.56. The average Bonchev–Trinajstić information content (AvgIpc) is 2.53. The van der Waals surface area contributed by atoms with Gasteiger partial charge in [0.1, 0.15) is 11.4 Å². The highest BCUT2D eigenvalue weighted by atomic mass is 79.9. The maximum atomic E-state index is 12.3. The van der Waals surface area contributed by atoms with E-state index in [1.165, 1.54) is 0 Å². The molecule has 122 valence electrons. The molecule has 0 bridgehead atoms. The largest absolute Gasteiger partial charge is 0.497 e. The fourth-order valence-electron chi connectivity index (χ4n) is 3.31. The van der Waals surface area contributed by atoms with Gasteiger partial charge in [0.05, 0.1) is 18.0 Å². The minimum atomic E-state index is -1.03. The lowest BCUT2D eigenvalue weighted by molar-refractivity contribution is -0.141. The Morgan fingerprint density at radius 1 is 1.50 bits per heavy atom. The topological polar surface area (TPSA) is 49.8 Å². The number of carbonyl (C=O) groups excluding carboxylic acids is 1. The molecule has 0 aromatic heterocycles. The molecule has 0 saturated heterocycles. The van der Waals surface area contributed by atoms with Crippen LogP contribution >= 0.6 is 15.9 Å². The van der Waals surface area contributed by atoms with Crippen molar-refractivity contribution in [1.29, 1.82) is 0 Å². The molecule has 1 amide bonds. The number of amides is 1. The van der Waals surface area contributed by atoms with Crippen molar-refractivity contribution >= 4 is 21.8 Å². The molecule has 1 aromatic rings. The molecular weight excluding hydrogens is 346 g/mol. The SMILES string of the molecule is COc1cccc(C2(O)CCCCC2N(C)C(=O)C(C)Br)c1. The van der Waals surface area contributed by atoms with Gasteiger partial charge in [0.25, 0.3) is 0 Å². The molecule has 1 N–H and O–H groups in total. The Morgan fingerprint density at radius 2 is 2.23 bits per heavy atom. The monoisotopic (exact) mass is 369 g/mol. The number of halogens is 1. The minimum Gasteiger partial charge on any atom is -0.497 e. The number of carbonyl (C=O) groups is 1. The molecule has 2 rings (SSSR count). The predicted octanol–water partition coefficient (Wildman–Crippen LogP) is 3.07. The van der Waals surface area contributed by atoms with Crippen molar-refractivity contribution in [2.24, 2.45) is 0 Å². The maximum Gasteiger partial charge on any atom is 0.236 e. The van der Waals surface area contributed by atoms with Gasteiger partial charge in [0.15, 0.2) is 0 Å². The molecule has 3 atom stereocenters. The van der Waals surface area contributed by atoms with Gasteiger partial charge in [-0.15, -0.1) is 0 Å². The number of ether oxygens (including phenoxy) is 1. The van der Waals surface area contributed by atoms with Crippen LogP contribution in [0.5, 0.6) is 5.75 Å². The number of alkyl halides is 1. The van der Waals surface area contributed by atoms with Crippen molar-refractivity contribution in [3.8, 4) is 5.75 Å². The van der Waals surface area contributed by atoms with E-state index in [0.717, 1.165) is 30.6 Å². The van der Waals surface area contributed by atoms with Crippen LogP contribution in [0, 0.1) is 0 Å². The highest BCUT2D eigenvalue weighted by molar-refractivity contribution is 9.10. The van der Waals surface area contributed by atoms with E-state index in [-0.39, 0.29) is 16.8 Å². The summed E-state index contributed by atoms with van der Waals surface area (Å²) in [6.07, 6.45) is 3.43. The van der Waals surface area contributed by atoms with E-state index in [2.05, 4.69) is 15.9 Å². The van der Waals surface area contributed by atoms with Crippen LogP contribution in [0.25, 0.3) is 0 Å². The molecule has 5 heteroatoms. The van der Waals surface area contributed by atoms with Crippen LogP contribution in [0.4, 0.5) is 0 Å². The van der Waals surface area contributed by atoms with Crippen LogP contribution < -0.4 is 4.74 Å². The van der Waals surface area contributed by atoms with E-state index in [1.807, 2.05) is 31.2 Å². The molecule has 1 aromatic carbocycles. The van der Waals surface area contributed by atoms with Crippen LogP contribution in [-0.2, 0) is 10.4 Å². The van der Waals surface area contributed by atoms with E-state index in [4.69, 9.17) is 4.74 Å². The Kier molecular flexibility index (Phi) is 5.50. The second kappa shape index (κ2) is 7.01. The molecule has 0 heterocycles. The summed E-state index contributed by atoms with van der Waals surface area (Å²) in [6, 6.07) is 7.30. The molecule has 3 unspecified atom stereocenters. The minimum absolute atomic E-state index is 0.00628. The van der Waals surface area contributed by atoms with Gasteiger partial charge in [-0.3, -0.25) is 4.79 Å². The predicted molar refractivity (Wildman–Crippen MR) is 90.3 cm³/mol. The highest BCUT2D eigenvalue weighted by Gasteiger charge is 2.44. The summed E-state index contributed by atoms with van der Waals surface area (Å²) < 4.78 is 5.27. The quantitative estimate of drug-likeness (QED) is 0.829. The average molecular weight is 370 g/mol. The maximum absolute atomic E-state index is 12.3. The number of benzene rings is 1. The van der Waals surface area contributed by atoms with Crippen LogP contribution in [0.15, 0.2) is 24.3 Å². The second-order valence-corrected chi connectivity index (χ2v) is 7.36. The van der Waals surface area contributed by atoms with E-state index in [1.54, 1.807) is 19.1 Å². The Labute approximate surface area is 140 Å². The van der Waals surface area contributed by atoms with Crippen molar-refractivity contribution in [3.05, 3.63) is 29.8 Å². The fraction of sp³-hybridized carbons (Fsp3) is 0.588. The summed E-state index contributed by atoms with van der Waals surface area (Å²) in [5, 5.41) is 11.4. The zero-order valence-corrected chi connectivity index (χ0v) is 15.0. The molecule has 4 nitrogen and oxygen atoms in total. The van der Waals surface area contributed by atoms with Gasteiger partial charge in [-0.25, -0.2) is 0 Å². The van der Waals surface area contributed by atoms with Gasteiger partial charge in [-0.2, -0.15) is 0 Å². The number of nitrogens with zero attached hydrogens (tertiary/aromatic N) is 1. The normalized spacial score (nSPS) is 26.3. The van der Waals surface area contributed by atoms with Gasteiger partial charge in [0.2, 0.25) is 5.91 Å². The Hall–Kier alpha value is -1.07. The van der Waals surface area contributed by atoms with E-state index >= 15 is 0 Å². The Balaban J connectivity index is 2.36. The lowest BCUT2D eigenvalue weighted by Crippen LogP contribution is -2.54. The van der Waals surface area contributed by atoms with E-state index < -0.39 is 5.60 Å². The number of likely N-dealkylation sites (N-methyl/N-ethyl adjacent to an activating group) is 1. The first-order valence-corrected chi connectivity index (χ1v) is 8.59. The van der Waals surface area contributed by atoms with Gasteiger partial charge >= 0.3 is 0 Å². The summed E-state index contributed by atoms with van der Waals surface area (Å²) in [4.78, 5) is 13.8. The third-order valence-corrected chi connectivity index (χ3v) is 4.95. The molecule has 1 aliphatic rings. The van der Waals surface area contributed by atoms with E-state index in [0.29, 0.717) is 6.42 Å². The molecule has 1 aliphatic carbocycles. The molecule has 1 fully saturated rings. The number of methoxy groups -OCH3 is 1. The standard InChI is InChI=1S/C17H24BrNO3/c1-12(18)16(20)19(2)15-9-4-5-10-17(15,21)13-7-6-8-14(11-13)22-3/h6-8,11-12,15,21H,4-5,9-10H2,1-3H3. The Morgan fingerprint density at radius 3 is 2.86 bits per heavy atom. The summed E-state index contributed by atoms with van der Waals surface area (Å²) in [7, 11) is 3.39. The fourth-order valence-corrected chi connectivity index (χ4v) is 3.64. The zero-order valence-electron chi connectivity index (χ0n) is 13.4. The second-order valence-electron chi connectivity index (χ2n) is 5.98. The first kappa shape index (κ1) is 17.3. The molecular formula is C17H24BrNO3. The smallest absolute Gasteiger partial charge is 0.236 e. The van der Waals surface area contributed by atoms with E-state index in [9.17, 15) is 9.90 Å². The van der Waals surface area contributed by atoms with Gasteiger partial charge in [0, 0.05) is 7.05 Å². The number of hydrogen-bond acceptors (Lipinski definition) is 3. The van der Waals surface area contributed by atoms with Crippen LogP contribution in [0.2, 0.25) is 0 Å². The van der Waals surface area contributed by atoms with Crippen LogP contribution in [0.3, 0.4) is 0 Å². The summed E-state index contributed by atoms with van der Waals surface area (Å²) in [5.74, 6) is 0.714. The lowest BCUT2D eigenvalue weighted by Gasteiger charge is -2.45. The number of rotatable bonds is 4. The molecule has 1 saturated carbocycles. The van der Waals surface area contributed by atoms with Crippen molar-refractivity contribution in [2.45, 2.75) is 49.1 Å². The first-order valence-electron chi connectivity index (χ1n) is 7.68. The van der Waals surface area contributed by atoms with Crippen LogP contribution in [0.1, 0.15) is 38.2 Å². The lowest BCUT2D eigenvalue weighted by atomic mass is 9.75. The number of hydrogen-bond donors (Lipinski definition) is 1. The summed E-state index contributed by atoms with van der Waals surface area (Å²) in [5.41, 5.74) is -0.211. The van der Waals surface area contributed by atoms with Gasteiger partial charge < -0.3 is 14.7 Å². The molecule has 0 radical (unpaired) electrons. The van der Waals surface area contributed by atoms with Crippen molar-refractivity contribution in [1.82, 2.24) is 4.90 Å². The van der Waals surface area contributed by atoms with Gasteiger partial charge in [-0.05, 0) is 37.5 Å². The summed E-state index contributed by atoms with van der Waals surface area (Å²) >= 11 is 3.33. The molecule has 22 heavy (non-hydrogen) atoms. The van der Waals surface area contributed by atoms with Crippen molar-refractivity contribution in [2.75, 3.05) is 14.2 Å². The summed E-state index contributed by atoms with van der Waals surface area (Å²) in [6.45, 7) is 1.81. The third kappa shape index (κ3) is 3.30. The van der Waals surface area contributed by atoms with Crippen molar-refractivity contribution < 1.29 is 14.6 Å². The molecule has 0 aliphatic heterocycles. The van der Waals surface area contributed by atoms with Crippen molar-refractivity contribution in [3.63, 3.8) is 0 Å².